The van der Waals surface area contributed by atoms with Crippen LogP contribution in [0.1, 0.15) is 11.1 Å². The highest BCUT2D eigenvalue weighted by molar-refractivity contribution is 7.13. The number of pyridine rings is 1. The van der Waals surface area contributed by atoms with Gasteiger partial charge in [-0.15, -0.1) is 11.3 Å². The first-order valence-corrected chi connectivity index (χ1v) is 10.7. The van der Waals surface area contributed by atoms with Crippen molar-refractivity contribution < 1.29 is 0 Å². The third-order valence-electron chi connectivity index (χ3n) is 5.13. The van der Waals surface area contributed by atoms with Crippen LogP contribution in [0.4, 0.5) is 0 Å². The standard InChI is InChI=1S/C27H19NOS/c29-27-26(24-14-7-17-30-24)25(22-12-4-5-13-23(22)28-27)21-11-6-10-20(18-21)16-15-19-8-2-1-3-9-19/h1-18H,(H,28,29). The van der Waals surface area contributed by atoms with E-state index in [1.807, 2.05) is 60.0 Å². The zero-order chi connectivity index (χ0) is 20.3. The van der Waals surface area contributed by atoms with E-state index in [1.165, 1.54) is 0 Å². The van der Waals surface area contributed by atoms with Gasteiger partial charge in [0.2, 0.25) is 0 Å². The first-order valence-electron chi connectivity index (χ1n) is 9.82. The SMILES string of the molecule is O=c1[nH]c2ccccc2c(-c2cccc(C=Cc3ccccc3)c2)c1-c1cccs1. The maximum Gasteiger partial charge on any atom is 0.257 e. The molecule has 0 fully saturated rings. The zero-order valence-corrected chi connectivity index (χ0v) is 17.0. The summed E-state index contributed by atoms with van der Waals surface area (Å²) < 4.78 is 0. The first-order chi connectivity index (χ1) is 14.8. The quantitative estimate of drug-likeness (QED) is 0.318. The molecule has 2 aromatic heterocycles. The summed E-state index contributed by atoms with van der Waals surface area (Å²) in [6.45, 7) is 0. The number of H-pyrrole nitrogens is 1. The highest BCUT2D eigenvalue weighted by Gasteiger charge is 2.17. The second-order valence-corrected chi connectivity index (χ2v) is 8.04. The van der Waals surface area contributed by atoms with Crippen LogP contribution >= 0.6 is 11.3 Å². The number of thiophene rings is 1. The molecule has 0 saturated heterocycles. The Balaban J connectivity index is 1.71. The summed E-state index contributed by atoms with van der Waals surface area (Å²) in [4.78, 5) is 17.1. The third-order valence-corrected chi connectivity index (χ3v) is 6.02. The van der Waals surface area contributed by atoms with Crippen LogP contribution in [0.15, 0.2) is 101 Å². The lowest BCUT2D eigenvalue weighted by atomic mass is 9.94. The predicted octanol–water partition coefficient (Wildman–Crippen LogP) is 7.09. The summed E-state index contributed by atoms with van der Waals surface area (Å²) in [6, 6.07) is 30.6. The molecule has 0 aliphatic rings. The van der Waals surface area contributed by atoms with Gasteiger partial charge in [-0.25, -0.2) is 0 Å². The monoisotopic (exact) mass is 405 g/mol. The van der Waals surface area contributed by atoms with E-state index in [9.17, 15) is 4.79 Å². The van der Waals surface area contributed by atoms with E-state index >= 15 is 0 Å². The van der Waals surface area contributed by atoms with Crippen molar-refractivity contribution in [2.75, 3.05) is 0 Å². The van der Waals surface area contributed by atoms with Gasteiger partial charge in [-0.05, 0) is 40.3 Å². The van der Waals surface area contributed by atoms with Gasteiger partial charge in [0.15, 0.2) is 0 Å². The molecule has 0 bridgehead atoms. The van der Waals surface area contributed by atoms with Crippen molar-refractivity contribution in [3.8, 4) is 21.6 Å². The molecule has 30 heavy (non-hydrogen) atoms. The molecular formula is C27H19NOS. The van der Waals surface area contributed by atoms with E-state index in [0.29, 0.717) is 0 Å². The minimum absolute atomic E-state index is 0.0589. The molecule has 3 aromatic carbocycles. The number of hydrogen-bond acceptors (Lipinski definition) is 2. The minimum atomic E-state index is -0.0589. The van der Waals surface area contributed by atoms with Crippen molar-refractivity contribution in [3.05, 3.63) is 118 Å². The van der Waals surface area contributed by atoms with E-state index in [1.54, 1.807) is 11.3 Å². The Labute approximate surface area is 178 Å². The largest absolute Gasteiger partial charge is 0.321 e. The van der Waals surface area contributed by atoms with Crippen LogP contribution in [0.2, 0.25) is 0 Å². The Morgan fingerprint density at radius 3 is 2.30 bits per heavy atom. The lowest BCUT2D eigenvalue weighted by molar-refractivity contribution is 1.31. The number of benzene rings is 3. The summed E-state index contributed by atoms with van der Waals surface area (Å²) in [5, 5.41) is 3.05. The number of nitrogens with one attached hydrogen (secondary N) is 1. The van der Waals surface area contributed by atoms with Gasteiger partial charge in [0.05, 0.1) is 5.56 Å². The van der Waals surface area contributed by atoms with Crippen molar-refractivity contribution in [2.45, 2.75) is 0 Å². The molecule has 0 radical (unpaired) electrons. The highest BCUT2D eigenvalue weighted by atomic mass is 32.1. The summed E-state index contributed by atoms with van der Waals surface area (Å²) in [5.41, 5.74) is 5.79. The third kappa shape index (κ3) is 3.51. The van der Waals surface area contributed by atoms with Crippen molar-refractivity contribution in [1.82, 2.24) is 4.98 Å². The molecule has 0 spiro atoms. The highest BCUT2D eigenvalue weighted by Crippen LogP contribution is 2.37. The number of aromatic nitrogens is 1. The van der Waals surface area contributed by atoms with Crippen LogP contribution in [0.25, 0.3) is 44.6 Å². The average molecular weight is 406 g/mol. The molecule has 2 nitrogen and oxygen atoms in total. The van der Waals surface area contributed by atoms with Crippen LogP contribution in [0, 0.1) is 0 Å². The number of hydrogen-bond donors (Lipinski definition) is 1. The Bertz CT molecular complexity index is 1400. The van der Waals surface area contributed by atoms with Gasteiger partial charge < -0.3 is 4.98 Å². The smallest absolute Gasteiger partial charge is 0.257 e. The maximum absolute atomic E-state index is 13.1. The molecule has 5 rings (SSSR count). The van der Waals surface area contributed by atoms with Crippen LogP contribution < -0.4 is 5.56 Å². The molecule has 0 atom stereocenters. The predicted molar refractivity (Wildman–Crippen MR) is 129 cm³/mol. The Hall–Kier alpha value is -3.69. The van der Waals surface area contributed by atoms with Crippen LogP contribution in [0.3, 0.4) is 0 Å². The van der Waals surface area contributed by atoms with Crippen LogP contribution in [-0.2, 0) is 0 Å². The zero-order valence-electron chi connectivity index (χ0n) is 16.2. The summed E-state index contributed by atoms with van der Waals surface area (Å²) in [5.74, 6) is 0. The van der Waals surface area contributed by atoms with Gasteiger partial charge in [0.1, 0.15) is 0 Å². The van der Waals surface area contributed by atoms with Crippen molar-refractivity contribution in [2.24, 2.45) is 0 Å². The molecule has 144 valence electrons. The number of rotatable bonds is 4. The van der Waals surface area contributed by atoms with Gasteiger partial charge in [-0.2, -0.15) is 0 Å². The lowest BCUT2D eigenvalue weighted by Gasteiger charge is -2.13. The second kappa shape index (κ2) is 7.97. The molecule has 2 heterocycles. The van der Waals surface area contributed by atoms with Gasteiger partial charge >= 0.3 is 0 Å². The molecule has 3 heteroatoms. The number of aromatic amines is 1. The van der Waals surface area contributed by atoms with E-state index in [2.05, 4.69) is 53.5 Å². The van der Waals surface area contributed by atoms with Gasteiger partial charge in [0, 0.05) is 21.3 Å². The van der Waals surface area contributed by atoms with E-state index in [4.69, 9.17) is 0 Å². The topological polar surface area (TPSA) is 32.9 Å². The normalized spacial score (nSPS) is 11.3. The first kappa shape index (κ1) is 18.3. The fourth-order valence-electron chi connectivity index (χ4n) is 3.75. The molecule has 0 aliphatic carbocycles. The Kier molecular flexibility index (Phi) is 4.88. The van der Waals surface area contributed by atoms with Crippen molar-refractivity contribution >= 4 is 34.4 Å². The molecule has 0 saturated carbocycles. The average Bonchev–Trinajstić information content (AvgIpc) is 3.32. The summed E-state index contributed by atoms with van der Waals surface area (Å²) in [6.07, 6.45) is 4.22. The molecule has 1 N–H and O–H groups in total. The second-order valence-electron chi connectivity index (χ2n) is 7.10. The van der Waals surface area contributed by atoms with Crippen LogP contribution in [0.5, 0.6) is 0 Å². The van der Waals surface area contributed by atoms with Gasteiger partial charge in [-0.1, -0.05) is 84.9 Å². The lowest BCUT2D eigenvalue weighted by Crippen LogP contribution is -2.10. The van der Waals surface area contributed by atoms with Gasteiger partial charge in [-0.3, -0.25) is 4.79 Å². The fraction of sp³-hybridized carbons (Fsp3) is 0. The van der Waals surface area contributed by atoms with E-state index in [0.717, 1.165) is 43.6 Å². The minimum Gasteiger partial charge on any atom is -0.321 e. The molecule has 0 unspecified atom stereocenters. The summed E-state index contributed by atoms with van der Waals surface area (Å²) >= 11 is 1.59. The van der Waals surface area contributed by atoms with Crippen molar-refractivity contribution in [1.29, 1.82) is 0 Å². The number of fused-ring (bicyclic) bond motifs is 1. The maximum atomic E-state index is 13.1. The Morgan fingerprint density at radius 1 is 0.700 bits per heavy atom. The molecule has 0 aliphatic heterocycles. The van der Waals surface area contributed by atoms with E-state index in [-0.39, 0.29) is 5.56 Å². The molecular weight excluding hydrogens is 386 g/mol. The molecule has 5 aromatic rings. The molecule has 0 amide bonds. The van der Waals surface area contributed by atoms with Crippen LogP contribution in [-0.4, -0.2) is 4.98 Å². The summed E-state index contributed by atoms with van der Waals surface area (Å²) in [7, 11) is 0. The fourth-order valence-corrected chi connectivity index (χ4v) is 4.53. The van der Waals surface area contributed by atoms with E-state index < -0.39 is 0 Å². The van der Waals surface area contributed by atoms with Gasteiger partial charge in [0.25, 0.3) is 5.56 Å². The number of para-hydroxylation sites is 1. The Morgan fingerprint density at radius 2 is 1.47 bits per heavy atom. The van der Waals surface area contributed by atoms with Crippen molar-refractivity contribution in [3.63, 3.8) is 0 Å².